The second kappa shape index (κ2) is 9.28. The molecule has 0 spiro atoms. The number of hydrazine groups is 1. The third-order valence-electron chi connectivity index (χ3n) is 3.00. The molecule has 2 rings (SSSR count). The second-order valence-electron chi connectivity index (χ2n) is 4.96. The molecule has 0 saturated heterocycles. The van der Waals surface area contributed by atoms with Crippen molar-refractivity contribution in [1.29, 1.82) is 0 Å². The molecular formula is C17H17ClN4O4. The third-order valence-corrected chi connectivity index (χ3v) is 3.24. The summed E-state index contributed by atoms with van der Waals surface area (Å²) in [5.74, 6) is -1.31. The summed E-state index contributed by atoms with van der Waals surface area (Å²) >= 11 is 5.80. The van der Waals surface area contributed by atoms with Gasteiger partial charge in [-0.15, -0.1) is 0 Å². The summed E-state index contributed by atoms with van der Waals surface area (Å²) in [5.41, 5.74) is 4.92. The Labute approximate surface area is 154 Å². The molecule has 9 heteroatoms. The van der Waals surface area contributed by atoms with Gasteiger partial charge in [-0.25, -0.2) is 10.2 Å². The minimum atomic E-state index is -1.03. The van der Waals surface area contributed by atoms with Gasteiger partial charge in [-0.05, 0) is 49.4 Å². The lowest BCUT2D eigenvalue weighted by Gasteiger charge is -2.10. The van der Waals surface area contributed by atoms with Crippen LogP contribution >= 0.6 is 11.6 Å². The van der Waals surface area contributed by atoms with Crippen molar-refractivity contribution in [1.82, 2.24) is 10.9 Å². The van der Waals surface area contributed by atoms with Gasteiger partial charge in [0.15, 0.2) is 0 Å². The number of ether oxygens (including phenoxy) is 1. The second-order valence-corrected chi connectivity index (χ2v) is 5.39. The fourth-order valence-electron chi connectivity index (χ4n) is 1.89. The van der Waals surface area contributed by atoms with Gasteiger partial charge < -0.3 is 15.4 Å². The Kier molecular flexibility index (Phi) is 6.81. The van der Waals surface area contributed by atoms with Crippen LogP contribution in [0.1, 0.15) is 6.92 Å². The Morgan fingerprint density at radius 1 is 0.923 bits per heavy atom. The monoisotopic (exact) mass is 376 g/mol. The Balaban J connectivity index is 1.79. The number of hydrogen-bond acceptors (Lipinski definition) is 4. The van der Waals surface area contributed by atoms with Gasteiger partial charge in [0, 0.05) is 16.4 Å². The molecule has 4 N–H and O–H groups in total. The van der Waals surface area contributed by atoms with E-state index < -0.39 is 17.8 Å². The maximum Gasteiger partial charge on any atom is 0.337 e. The first-order chi connectivity index (χ1) is 12.5. The maximum absolute atomic E-state index is 11.8. The minimum absolute atomic E-state index is 0.414. The van der Waals surface area contributed by atoms with Crippen LogP contribution in [0.25, 0.3) is 0 Å². The zero-order valence-electron chi connectivity index (χ0n) is 13.8. The van der Waals surface area contributed by atoms with E-state index in [-0.39, 0.29) is 0 Å². The van der Waals surface area contributed by atoms with Crippen molar-refractivity contribution < 1.29 is 19.1 Å². The molecule has 0 radical (unpaired) electrons. The molecule has 8 nitrogen and oxygen atoms in total. The first-order valence-electron chi connectivity index (χ1n) is 7.64. The number of hydrogen-bond donors (Lipinski definition) is 4. The average molecular weight is 377 g/mol. The number of benzene rings is 2. The number of urea groups is 1. The maximum atomic E-state index is 11.8. The smallest absolute Gasteiger partial charge is 0.337 e. The van der Waals surface area contributed by atoms with Crippen LogP contribution in [0.15, 0.2) is 48.5 Å². The van der Waals surface area contributed by atoms with Gasteiger partial charge in [-0.1, -0.05) is 17.7 Å². The lowest BCUT2D eigenvalue weighted by molar-refractivity contribution is -0.136. The van der Waals surface area contributed by atoms with E-state index in [0.29, 0.717) is 28.8 Å². The fraction of sp³-hybridized carbons (Fsp3) is 0.118. The molecule has 136 valence electrons. The van der Waals surface area contributed by atoms with Gasteiger partial charge in [0.1, 0.15) is 5.75 Å². The standard InChI is InChI=1S/C17H17ClN4O4/c1-2-26-14-8-6-12(7-9-14)19-15(23)16(24)21-22-17(25)20-13-5-3-4-11(18)10-13/h3-10H,2H2,1H3,(H,19,23)(H,21,24)(H2,20,22,25). The molecule has 2 aromatic carbocycles. The molecule has 0 saturated carbocycles. The predicted octanol–water partition coefficient (Wildman–Crippen LogP) is 2.53. The van der Waals surface area contributed by atoms with Crippen molar-refractivity contribution >= 4 is 40.8 Å². The Bertz CT molecular complexity index is 796. The highest BCUT2D eigenvalue weighted by Crippen LogP contribution is 2.15. The summed E-state index contributed by atoms with van der Waals surface area (Å²) in [6.45, 7) is 2.38. The van der Waals surface area contributed by atoms with E-state index in [0.717, 1.165) is 0 Å². The fourth-order valence-corrected chi connectivity index (χ4v) is 2.08. The summed E-state index contributed by atoms with van der Waals surface area (Å²) in [6.07, 6.45) is 0. The van der Waals surface area contributed by atoms with Crippen LogP contribution in [-0.2, 0) is 9.59 Å². The van der Waals surface area contributed by atoms with E-state index in [4.69, 9.17) is 16.3 Å². The Morgan fingerprint density at radius 3 is 2.31 bits per heavy atom. The van der Waals surface area contributed by atoms with Gasteiger partial charge in [0.05, 0.1) is 6.61 Å². The van der Waals surface area contributed by atoms with Gasteiger partial charge in [-0.2, -0.15) is 0 Å². The normalized spacial score (nSPS) is 9.77. The van der Waals surface area contributed by atoms with E-state index in [1.54, 1.807) is 42.5 Å². The first-order valence-corrected chi connectivity index (χ1v) is 8.02. The summed E-state index contributed by atoms with van der Waals surface area (Å²) in [4.78, 5) is 35.2. The molecule has 0 aliphatic rings. The molecule has 0 aromatic heterocycles. The van der Waals surface area contributed by atoms with Crippen molar-refractivity contribution in [2.45, 2.75) is 6.92 Å². The highest BCUT2D eigenvalue weighted by atomic mass is 35.5. The molecule has 0 atom stereocenters. The average Bonchev–Trinajstić information content (AvgIpc) is 2.61. The van der Waals surface area contributed by atoms with E-state index in [2.05, 4.69) is 16.1 Å². The van der Waals surface area contributed by atoms with Gasteiger partial charge in [0.2, 0.25) is 0 Å². The number of anilines is 2. The molecule has 0 unspecified atom stereocenters. The van der Waals surface area contributed by atoms with Crippen molar-refractivity contribution in [3.05, 3.63) is 53.6 Å². The van der Waals surface area contributed by atoms with Gasteiger partial charge >= 0.3 is 17.8 Å². The SMILES string of the molecule is CCOc1ccc(NC(=O)C(=O)NNC(=O)Nc2cccc(Cl)c2)cc1. The lowest BCUT2D eigenvalue weighted by atomic mass is 10.3. The Hall–Kier alpha value is -3.26. The number of rotatable bonds is 4. The van der Waals surface area contributed by atoms with Crippen molar-refractivity contribution in [2.75, 3.05) is 17.2 Å². The zero-order chi connectivity index (χ0) is 18.9. The van der Waals surface area contributed by atoms with Gasteiger partial charge in [-0.3, -0.25) is 15.0 Å². The number of halogens is 1. The minimum Gasteiger partial charge on any atom is -0.494 e. The van der Waals surface area contributed by atoms with Crippen molar-refractivity contribution in [3.8, 4) is 5.75 Å². The summed E-state index contributed by atoms with van der Waals surface area (Å²) in [5, 5.41) is 5.29. The van der Waals surface area contributed by atoms with Crippen LogP contribution in [0.4, 0.5) is 16.2 Å². The zero-order valence-corrected chi connectivity index (χ0v) is 14.6. The molecular weight excluding hydrogens is 360 g/mol. The third kappa shape index (κ3) is 5.99. The molecule has 4 amide bonds. The van der Waals surface area contributed by atoms with Crippen LogP contribution < -0.4 is 26.2 Å². The quantitative estimate of drug-likeness (QED) is 0.485. The number of amides is 4. The molecule has 0 bridgehead atoms. The van der Waals surface area contributed by atoms with Crippen LogP contribution in [-0.4, -0.2) is 24.5 Å². The summed E-state index contributed by atoms with van der Waals surface area (Å²) in [7, 11) is 0. The molecule has 0 fully saturated rings. The number of carbonyl (C=O) groups is 3. The number of nitrogens with one attached hydrogen (secondary N) is 4. The largest absolute Gasteiger partial charge is 0.494 e. The van der Waals surface area contributed by atoms with E-state index in [1.807, 2.05) is 12.3 Å². The summed E-state index contributed by atoms with van der Waals surface area (Å²) < 4.78 is 5.28. The van der Waals surface area contributed by atoms with Crippen LogP contribution in [0.3, 0.4) is 0 Å². The topological polar surface area (TPSA) is 109 Å². The van der Waals surface area contributed by atoms with E-state index in [9.17, 15) is 14.4 Å². The molecule has 0 aliphatic carbocycles. The molecule has 26 heavy (non-hydrogen) atoms. The van der Waals surface area contributed by atoms with Crippen LogP contribution in [0.2, 0.25) is 5.02 Å². The van der Waals surface area contributed by atoms with Crippen molar-refractivity contribution in [2.24, 2.45) is 0 Å². The summed E-state index contributed by atoms with van der Waals surface area (Å²) in [6, 6.07) is 12.2. The van der Waals surface area contributed by atoms with Crippen LogP contribution in [0.5, 0.6) is 5.75 Å². The first kappa shape index (κ1) is 19.1. The van der Waals surface area contributed by atoms with E-state index >= 15 is 0 Å². The molecule has 0 aliphatic heterocycles. The highest BCUT2D eigenvalue weighted by Gasteiger charge is 2.14. The van der Waals surface area contributed by atoms with Crippen LogP contribution in [0, 0.1) is 0 Å². The number of carbonyl (C=O) groups excluding carboxylic acids is 3. The molecule has 0 heterocycles. The highest BCUT2D eigenvalue weighted by molar-refractivity contribution is 6.39. The lowest BCUT2D eigenvalue weighted by Crippen LogP contribution is -2.48. The molecule has 2 aromatic rings. The predicted molar refractivity (Wildman–Crippen MR) is 98.0 cm³/mol. The van der Waals surface area contributed by atoms with Crippen molar-refractivity contribution in [3.63, 3.8) is 0 Å². The van der Waals surface area contributed by atoms with Gasteiger partial charge in [0.25, 0.3) is 0 Å². The van der Waals surface area contributed by atoms with E-state index in [1.165, 1.54) is 6.07 Å². The Morgan fingerprint density at radius 2 is 1.65 bits per heavy atom.